The van der Waals surface area contributed by atoms with Gasteiger partial charge in [0, 0.05) is 45.7 Å². The highest BCUT2D eigenvalue weighted by atomic mass is 19.1. The number of amides is 2. The van der Waals surface area contributed by atoms with Crippen LogP contribution < -0.4 is 4.90 Å². The van der Waals surface area contributed by atoms with E-state index in [0.29, 0.717) is 13.1 Å². The Kier molecular flexibility index (Phi) is 5.58. The number of hydrogen-bond donors (Lipinski definition) is 0. The predicted molar refractivity (Wildman–Crippen MR) is 105 cm³/mol. The zero-order chi connectivity index (χ0) is 20.4. The molecule has 1 unspecified atom stereocenters. The van der Waals surface area contributed by atoms with Gasteiger partial charge in [-0.25, -0.2) is 8.78 Å². The molecule has 29 heavy (non-hydrogen) atoms. The first-order chi connectivity index (χ1) is 14.0. The summed E-state index contributed by atoms with van der Waals surface area (Å²) in [5.41, 5.74) is 0.872. The van der Waals surface area contributed by atoms with Crippen molar-refractivity contribution >= 4 is 17.5 Å². The molecule has 0 bridgehead atoms. The van der Waals surface area contributed by atoms with Crippen LogP contribution in [0.15, 0.2) is 48.5 Å². The summed E-state index contributed by atoms with van der Waals surface area (Å²) < 4.78 is 28.1. The number of rotatable bonds is 4. The molecule has 2 aromatic carbocycles. The van der Waals surface area contributed by atoms with Gasteiger partial charge in [0.15, 0.2) is 0 Å². The molecule has 1 atom stereocenters. The van der Waals surface area contributed by atoms with Crippen molar-refractivity contribution in [2.24, 2.45) is 5.92 Å². The number of para-hydroxylation sites is 1. The third-order valence-electron chi connectivity index (χ3n) is 5.61. The Balaban J connectivity index is 1.35. The number of anilines is 1. The molecule has 2 saturated heterocycles. The molecule has 0 radical (unpaired) electrons. The van der Waals surface area contributed by atoms with E-state index >= 15 is 0 Å². The minimum atomic E-state index is -0.791. The maximum Gasteiger partial charge on any atom is 0.228 e. The highest BCUT2D eigenvalue weighted by Gasteiger charge is 2.39. The number of carbonyl (C=O) groups is 2. The Labute approximate surface area is 168 Å². The maximum atomic E-state index is 14.0. The Bertz CT molecular complexity index is 878. The molecule has 4 rings (SSSR count). The van der Waals surface area contributed by atoms with Gasteiger partial charge in [0.05, 0.1) is 5.92 Å². The fourth-order valence-corrected chi connectivity index (χ4v) is 4.06. The van der Waals surface area contributed by atoms with Crippen molar-refractivity contribution in [1.82, 2.24) is 9.80 Å². The van der Waals surface area contributed by atoms with E-state index in [9.17, 15) is 18.4 Å². The average Bonchev–Trinajstić information content (AvgIpc) is 3.10. The number of piperazine rings is 1. The van der Waals surface area contributed by atoms with Gasteiger partial charge in [0.25, 0.3) is 0 Å². The minimum absolute atomic E-state index is 0.0136. The van der Waals surface area contributed by atoms with E-state index in [1.54, 1.807) is 4.90 Å². The summed E-state index contributed by atoms with van der Waals surface area (Å²) in [6, 6.07) is 13.7. The van der Waals surface area contributed by atoms with Crippen LogP contribution in [-0.4, -0.2) is 54.3 Å². The molecule has 0 aromatic heterocycles. The fourth-order valence-electron chi connectivity index (χ4n) is 4.06. The first-order valence-corrected chi connectivity index (χ1v) is 9.82. The van der Waals surface area contributed by atoms with E-state index in [0.717, 1.165) is 36.7 Å². The number of benzene rings is 2. The summed E-state index contributed by atoms with van der Waals surface area (Å²) in [7, 11) is 0. The van der Waals surface area contributed by atoms with Gasteiger partial charge in [-0.3, -0.25) is 14.5 Å². The van der Waals surface area contributed by atoms with Crippen molar-refractivity contribution in [3.05, 3.63) is 65.7 Å². The zero-order valence-corrected chi connectivity index (χ0v) is 16.1. The molecule has 2 heterocycles. The van der Waals surface area contributed by atoms with E-state index in [1.165, 1.54) is 11.6 Å². The second kappa shape index (κ2) is 8.29. The molecule has 152 valence electrons. The zero-order valence-electron chi connectivity index (χ0n) is 16.1. The molecule has 2 fully saturated rings. The van der Waals surface area contributed by atoms with Gasteiger partial charge >= 0.3 is 0 Å². The second-order valence-electron chi connectivity index (χ2n) is 7.56. The Morgan fingerprint density at radius 3 is 2.24 bits per heavy atom. The molecule has 2 aromatic rings. The smallest absolute Gasteiger partial charge is 0.228 e. The van der Waals surface area contributed by atoms with Crippen LogP contribution in [0.1, 0.15) is 12.0 Å². The highest BCUT2D eigenvalue weighted by molar-refractivity contribution is 6.00. The number of halogens is 2. The van der Waals surface area contributed by atoms with Gasteiger partial charge in [0.2, 0.25) is 11.8 Å². The van der Waals surface area contributed by atoms with Crippen LogP contribution in [0.2, 0.25) is 0 Å². The first kappa shape index (κ1) is 19.5. The van der Waals surface area contributed by atoms with E-state index in [1.807, 2.05) is 18.2 Å². The summed E-state index contributed by atoms with van der Waals surface area (Å²) in [6.45, 7) is 3.54. The molecule has 0 aliphatic carbocycles. The van der Waals surface area contributed by atoms with Gasteiger partial charge in [-0.15, -0.1) is 0 Å². The molecule has 2 aliphatic heterocycles. The third-order valence-corrected chi connectivity index (χ3v) is 5.61. The lowest BCUT2D eigenvalue weighted by molar-refractivity contribution is -0.137. The Morgan fingerprint density at radius 1 is 0.931 bits per heavy atom. The van der Waals surface area contributed by atoms with Crippen molar-refractivity contribution < 1.29 is 18.4 Å². The lowest BCUT2D eigenvalue weighted by Crippen LogP contribution is -2.50. The van der Waals surface area contributed by atoms with Gasteiger partial charge in [-0.1, -0.05) is 36.4 Å². The van der Waals surface area contributed by atoms with E-state index in [4.69, 9.17) is 0 Å². The van der Waals surface area contributed by atoms with Crippen molar-refractivity contribution in [2.75, 3.05) is 37.6 Å². The summed E-state index contributed by atoms with van der Waals surface area (Å²) >= 11 is 0. The number of carbonyl (C=O) groups excluding carboxylic acids is 2. The standard InChI is InChI=1S/C22H23F2N3O2/c23-18-7-4-8-19(24)21(18)27-15-17(13-20(27)28)22(29)26-11-9-25(10-12-26)14-16-5-2-1-3-6-16/h1-8,17H,9-15H2. The SMILES string of the molecule is O=C(C1CC(=O)N(c2c(F)cccc2F)C1)N1CCN(Cc2ccccc2)CC1. The molecule has 0 saturated carbocycles. The van der Waals surface area contributed by atoms with E-state index < -0.39 is 23.5 Å². The minimum Gasteiger partial charge on any atom is -0.340 e. The van der Waals surface area contributed by atoms with E-state index in [-0.39, 0.29) is 24.6 Å². The highest BCUT2D eigenvalue weighted by Crippen LogP contribution is 2.30. The monoisotopic (exact) mass is 399 g/mol. The molecule has 2 amide bonds. The van der Waals surface area contributed by atoms with Crippen molar-refractivity contribution in [2.45, 2.75) is 13.0 Å². The Hall–Kier alpha value is -2.80. The average molecular weight is 399 g/mol. The molecular formula is C22H23F2N3O2. The molecule has 2 aliphatic rings. The topological polar surface area (TPSA) is 43.9 Å². The predicted octanol–water partition coefficient (Wildman–Crippen LogP) is 2.66. The molecule has 7 heteroatoms. The van der Waals surface area contributed by atoms with Gasteiger partial charge in [-0.05, 0) is 17.7 Å². The van der Waals surface area contributed by atoms with Crippen molar-refractivity contribution in [3.63, 3.8) is 0 Å². The van der Waals surface area contributed by atoms with Gasteiger partial charge < -0.3 is 9.80 Å². The lowest BCUT2D eigenvalue weighted by Gasteiger charge is -2.36. The van der Waals surface area contributed by atoms with Crippen molar-refractivity contribution in [1.29, 1.82) is 0 Å². The number of nitrogens with zero attached hydrogens (tertiary/aromatic N) is 3. The molecule has 5 nitrogen and oxygen atoms in total. The van der Waals surface area contributed by atoms with Gasteiger partial charge in [-0.2, -0.15) is 0 Å². The molecular weight excluding hydrogens is 376 g/mol. The molecule has 0 spiro atoms. The van der Waals surface area contributed by atoms with Crippen LogP contribution >= 0.6 is 0 Å². The van der Waals surface area contributed by atoms with Crippen LogP contribution in [0.25, 0.3) is 0 Å². The largest absolute Gasteiger partial charge is 0.340 e. The van der Waals surface area contributed by atoms with Crippen LogP contribution in [0, 0.1) is 17.6 Å². The van der Waals surface area contributed by atoms with Crippen LogP contribution in [0.5, 0.6) is 0 Å². The first-order valence-electron chi connectivity index (χ1n) is 9.82. The molecule has 0 N–H and O–H groups in total. The second-order valence-corrected chi connectivity index (χ2v) is 7.56. The van der Waals surface area contributed by atoms with Crippen LogP contribution in [0.3, 0.4) is 0 Å². The summed E-state index contributed by atoms with van der Waals surface area (Å²) in [5, 5.41) is 0. The fraction of sp³-hybridized carbons (Fsp3) is 0.364. The summed E-state index contributed by atoms with van der Waals surface area (Å²) in [5.74, 6) is -2.68. The lowest BCUT2D eigenvalue weighted by atomic mass is 10.1. The maximum absolute atomic E-state index is 14.0. The van der Waals surface area contributed by atoms with Gasteiger partial charge in [0.1, 0.15) is 17.3 Å². The van der Waals surface area contributed by atoms with E-state index in [2.05, 4.69) is 17.0 Å². The normalized spacial score (nSPS) is 20.3. The quantitative estimate of drug-likeness (QED) is 0.794. The van der Waals surface area contributed by atoms with Crippen molar-refractivity contribution in [3.8, 4) is 0 Å². The van der Waals surface area contributed by atoms with Crippen LogP contribution in [0.4, 0.5) is 14.5 Å². The summed E-state index contributed by atoms with van der Waals surface area (Å²) in [6.07, 6.45) is -0.0170. The Morgan fingerprint density at radius 2 is 1.59 bits per heavy atom. The summed E-state index contributed by atoms with van der Waals surface area (Å²) in [4.78, 5) is 30.4. The number of hydrogen-bond acceptors (Lipinski definition) is 3. The van der Waals surface area contributed by atoms with Crippen LogP contribution in [-0.2, 0) is 16.1 Å². The third kappa shape index (κ3) is 4.15.